The van der Waals surface area contributed by atoms with Gasteiger partial charge in [-0.05, 0) is 40.2 Å². The second-order valence-corrected chi connectivity index (χ2v) is 4.86. The lowest BCUT2D eigenvalue weighted by molar-refractivity contribution is 0.102. The molecule has 19 heavy (non-hydrogen) atoms. The summed E-state index contributed by atoms with van der Waals surface area (Å²) in [5, 5.41) is 12.0. The minimum absolute atomic E-state index is 0.123. The monoisotopic (exact) mass is 320 g/mol. The molecule has 0 spiro atoms. The average Bonchev–Trinajstić information content (AvgIpc) is 2.42. The number of hydrogen-bond acceptors (Lipinski definition) is 3. The smallest absolute Gasteiger partial charge is 0.255 e. The molecule has 0 atom stereocenters. The van der Waals surface area contributed by atoms with Gasteiger partial charge in [0.05, 0.1) is 6.61 Å². The van der Waals surface area contributed by atoms with E-state index in [0.717, 1.165) is 0 Å². The number of halogens is 1. The second kappa shape index (κ2) is 5.86. The van der Waals surface area contributed by atoms with E-state index in [1.807, 2.05) is 0 Å². The average molecular weight is 321 g/mol. The van der Waals surface area contributed by atoms with E-state index in [1.54, 1.807) is 42.5 Å². The Morgan fingerprint density at radius 1 is 1.26 bits per heavy atom. The van der Waals surface area contributed by atoms with E-state index in [9.17, 15) is 9.90 Å². The molecule has 0 unspecified atom stereocenters. The number of amides is 1. The number of aliphatic hydroxyl groups is 1. The fourth-order valence-corrected chi connectivity index (χ4v) is 2.02. The maximum Gasteiger partial charge on any atom is 0.255 e. The summed E-state index contributed by atoms with van der Waals surface area (Å²) in [4.78, 5) is 12.1. The Hall–Kier alpha value is -1.85. The van der Waals surface area contributed by atoms with E-state index >= 15 is 0 Å². The number of benzene rings is 2. The van der Waals surface area contributed by atoms with Crippen LogP contribution in [0.4, 0.5) is 11.4 Å². The number of anilines is 2. The summed E-state index contributed by atoms with van der Waals surface area (Å²) >= 11 is 3.28. The van der Waals surface area contributed by atoms with Gasteiger partial charge in [0, 0.05) is 27.0 Å². The Kier molecular flexibility index (Phi) is 4.19. The largest absolute Gasteiger partial charge is 0.398 e. The van der Waals surface area contributed by atoms with Gasteiger partial charge in [0.2, 0.25) is 0 Å². The zero-order valence-corrected chi connectivity index (χ0v) is 11.6. The number of aliphatic hydroxyl groups excluding tert-OH is 1. The van der Waals surface area contributed by atoms with Crippen molar-refractivity contribution < 1.29 is 9.90 Å². The first kappa shape index (κ1) is 13.6. The summed E-state index contributed by atoms with van der Waals surface area (Å²) in [5.41, 5.74) is 8.02. The number of rotatable bonds is 3. The number of nitrogen functional groups attached to an aromatic ring is 1. The molecule has 5 heteroatoms. The molecular formula is C14H13BrN2O2. The Morgan fingerprint density at radius 3 is 2.68 bits per heavy atom. The third-order valence-electron chi connectivity index (χ3n) is 2.70. The topological polar surface area (TPSA) is 75.4 Å². The Morgan fingerprint density at radius 2 is 2.00 bits per heavy atom. The van der Waals surface area contributed by atoms with E-state index in [2.05, 4.69) is 21.2 Å². The van der Waals surface area contributed by atoms with Crippen molar-refractivity contribution in [1.29, 1.82) is 0 Å². The van der Waals surface area contributed by atoms with Crippen molar-refractivity contribution in [2.24, 2.45) is 0 Å². The summed E-state index contributed by atoms with van der Waals surface area (Å²) in [6, 6.07) is 12.1. The van der Waals surface area contributed by atoms with Gasteiger partial charge in [-0.3, -0.25) is 4.79 Å². The first-order chi connectivity index (χ1) is 9.11. The molecule has 0 radical (unpaired) electrons. The van der Waals surface area contributed by atoms with E-state index in [4.69, 9.17) is 5.73 Å². The number of hydrogen-bond donors (Lipinski definition) is 3. The van der Waals surface area contributed by atoms with Crippen LogP contribution in [0.5, 0.6) is 0 Å². The number of nitrogens with one attached hydrogen (secondary N) is 1. The molecule has 0 aliphatic heterocycles. The van der Waals surface area contributed by atoms with E-state index in [-0.39, 0.29) is 12.5 Å². The van der Waals surface area contributed by atoms with Crippen LogP contribution in [0.2, 0.25) is 0 Å². The van der Waals surface area contributed by atoms with Crippen molar-refractivity contribution in [3.8, 4) is 0 Å². The molecule has 0 aliphatic rings. The number of carbonyl (C=O) groups excluding carboxylic acids is 1. The van der Waals surface area contributed by atoms with Crippen LogP contribution >= 0.6 is 15.9 Å². The molecular weight excluding hydrogens is 308 g/mol. The zero-order valence-electron chi connectivity index (χ0n) is 10.1. The molecule has 0 aromatic heterocycles. The number of carbonyl (C=O) groups is 1. The van der Waals surface area contributed by atoms with Crippen LogP contribution in [0.15, 0.2) is 46.9 Å². The zero-order chi connectivity index (χ0) is 13.8. The van der Waals surface area contributed by atoms with Crippen LogP contribution in [-0.2, 0) is 6.61 Å². The lowest BCUT2D eigenvalue weighted by Gasteiger charge is -2.10. The van der Waals surface area contributed by atoms with E-state index in [0.29, 0.717) is 27.0 Å². The highest BCUT2D eigenvalue weighted by atomic mass is 79.9. The quantitative estimate of drug-likeness (QED) is 0.761. The fourth-order valence-electron chi connectivity index (χ4n) is 1.64. The molecule has 0 bridgehead atoms. The lowest BCUT2D eigenvalue weighted by Crippen LogP contribution is -2.13. The molecule has 0 saturated carbocycles. The highest BCUT2D eigenvalue weighted by molar-refractivity contribution is 9.10. The molecule has 98 valence electrons. The summed E-state index contributed by atoms with van der Waals surface area (Å²) in [6.45, 7) is -0.123. The van der Waals surface area contributed by atoms with Crippen LogP contribution in [0.25, 0.3) is 0 Å². The summed E-state index contributed by atoms with van der Waals surface area (Å²) < 4.78 is 0.676. The van der Waals surface area contributed by atoms with Gasteiger partial charge < -0.3 is 16.2 Å². The minimum atomic E-state index is -0.249. The van der Waals surface area contributed by atoms with Crippen LogP contribution < -0.4 is 11.1 Å². The van der Waals surface area contributed by atoms with Crippen molar-refractivity contribution in [3.05, 3.63) is 58.1 Å². The standard InChI is InChI=1S/C14H13BrN2O2/c15-11-7-9(5-6-12(11)16)14(19)17-13-4-2-1-3-10(13)8-18/h1-7,18H,8,16H2,(H,17,19). The molecule has 0 fully saturated rings. The van der Waals surface area contributed by atoms with Gasteiger partial charge in [0.15, 0.2) is 0 Å². The van der Waals surface area contributed by atoms with Crippen LogP contribution in [0, 0.1) is 0 Å². The molecule has 4 N–H and O–H groups in total. The van der Waals surface area contributed by atoms with E-state index < -0.39 is 0 Å². The first-order valence-electron chi connectivity index (χ1n) is 5.67. The summed E-state index contributed by atoms with van der Waals surface area (Å²) in [7, 11) is 0. The van der Waals surface area contributed by atoms with Crippen LogP contribution in [0.1, 0.15) is 15.9 Å². The Balaban J connectivity index is 2.23. The highest BCUT2D eigenvalue weighted by Crippen LogP contribution is 2.22. The molecule has 1 amide bonds. The Bertz CT molecular complexity index is 614. The van der Waals surface area contributed by atoms with Crippen molar-refractivity contribution in [3.63, 3.8) is 0 Å². The summed E-state index contributed by atoms with van der Waals surface area (Å²) in [5.74, 6) is -0.249. The number of para-hydroxylation sites is 1. The molecule has 4 nitrogen and oxygen atoms in total. The van der Waals surface area contributed by atoms with Crippen molar-refractivity contribution in [2.75, 3.05) is 11.1 Å². The molecule has 0 aliphatic carbocycles. The normalized spacial score (nSPS) is 10.2. The van der Waals surface area contributed by atoms with Gasteiger partial charge in [-0.25, -0.2) is 0 Å². The van der Waals surface area contributed by atoms with Crippen LogP contribution in [0.3, 0.4) is 0 Å². The van der Waals surface area contributed by atoms with Gasteiger partial charge in [-0.15, -0.1) is 0 Å². The minimum Gasteiger partial charge on any atom is -0.398 e. The maximum atomic E-state index is 12.1. The SMILES string of the molecule is Nc1ccc(C(=O)Nc2ccccc2CO)cc1Br. The molecule has 0 heterocycles. The van der Waals surface area contributed by atoms with Gasteiger partial charge in [-0.1, -0.05) is 18.2 Å². The first-order valence-corrected chi connectivity index (χ1v) is 6.46. The fraction of sp³-hybridized carbons (Fsp3) is 0.0714. The Labute approximate surface area is 119 Å². The molecule has 2 aromatic carbocycles. The predicted octanol–water partition coefficient (Wildman–Crippen LogP) is 2.78. The molecule has 2 rings (SSSR count). The van der Waals surface area contributed by atoms with Gasteiger partial charge in [0.1, 0.15) is 0 Å². The van der Waals surface area contributed by atoms with Crippen molar-refractivity contribution in [2.45, 2.75) is 6.61 Å². The predicted molar refractivity (Wildman–Crippen MR) is 78.9 cm³/mol. The van der Waals surface area contributed by atoms with Crippen molar-refractivity contribution >= 4 is 33.2 Å². The van der Waals surface area contributed by atoms with E-state index in [1.165, 1.54) is 0 Å². The van der Waals surface area contributed by atoms with Crippen LogP contribution in [-0.4, -0.2) is 11.0 Å². The van der Waals surface area contributed by atoms with Crippen molar-refractivity contribution in [1.82, 2.24) is 0 Å². The maximum absolute atomic E-state index is 12.1. The third-order valence-corrected chi connectivity index (χ3v) is 3.39. The number of nitrogens with two attached hydrogens (primary N) is 1. The second-order valence-electron chi connectivity index (χ2n) is 4.01. The molecule has 0 saturated heterocycles. The summed E-state index contributed by atoms with van der Waals surface area (Å²) in [6.07, 6.45) is 0. The lowest BCUT2D eigenvalue weighted by atomic mass is 10.1. The molecule has 2 aromatic rings. The van der Waals surface area contributed by atoms with Gasteiger partial charge in [0.25, 0.3) is 5.91 Å². The third kappa shape index (κ3) is 3.13. The highest BCUT2D eigenvalue weighted by Gasteiger charge is 2.09. The van der Waals surface area contributed by atoms with Gasteiger partial charge in [-0.2, -0.15) is 0 Å². The van der Waals surface area contributed by atoms with Gasteiger partial charge >= 0.3 is 0 Å².